The van der Waals surface area contributed by atoms with Crippen LogP contribution >= 0.6 is 15.9 Å². The summed E-state index contributed by atoms with van der Waals surface area (Å²) >= 11 is 3.27. The van der Waals surface area contributed by atoms with Gasteiger partial charge < -0.3 is 4.57 Å². The molecule has 0 saturated heterocycles. The van der Waals surface area contributed by atoms with E-state index in [1.165, 1.54) is 0 Å². The van der Waals surface area contributed by atoms with Crippen molar-refractivity contribution in [1.82, 2.24) is 15.0 Å². The predicted octanol–water partition coefficient (Wildman–Crippen LogP) is 0.146. The van der Waals surface area contributed by atoms with Crippen LogP contribution in [0.25, 0.3) is 0 Å². The SMILES string of the molecule is Cn1cc(CNN)nc1Br. The van der Waals surface area contributed by atoms with Crippen molar-refractivity contribution in [2.45, 2.75) is 6.54 Å². The molecule has 0 fully saturated rings. The van der Waals surface area contributed by atoms with Crippen LogP contribution in [0.4, 0.5) is 0 Å². The zero-order chi connectivity index (χ0) is 7.56. The molecule has 0 bridgehead atoms. The van der Waals surface area contributed by atoms with Gasteiger partial charge in [0.2, 0.25) is 0 Å². The van der Waals surface area contributed by atoms with E-state index < -0.39 is 0 Å². The van der Waals surface area contributed by atoms with E-state index in [0.29, 0.717) is 6.54 Å². The van der Waals surface area contributed by atoms with Gasteiger partial charge in [0, 0.05) is 13.2 Å². The first kappa shape index (κ1) is 7.71. The highest BCUT2D eigenvalue weighted by atomic mass is 79.9. The summed E-state index contributed by atoms with van der Waals surface area (Å²) in [5.74, 6) is 5.11. The van der Waals surface area contributed by atoms with Crippen molar-refractivity contribution >= 4 is 15.9 Å². The Kier molecular flexibility index (Phi) is 2.42. The number of hydrogen-bond donors (Lipinski definition) is 2. The molecule has 0 atom stereocenters. The Bertz CT molecular complexity index is 200. The van der Waals surface area contributed by atoms with Crippen LogP contribution in [0.5, 0.6) is 0 Å². The summed E-state index contributed by atoms with van der Waals surface area (Å²) in [4.78, 5) is 4.14. The van der Waals surface area contributed by atoms with Crippen molar-refractivity contribution in [3.05, 3.63) is 16.6 Å². The van der Waals surface area contributed by atoms with Gasteiger partial charge in [-0.2, -0.15) is 0 Å². The molecule has 0 saturated carbocycles. The second-order valence-corrected chi connectivity index (χ2v) is 2.70. The van der Waals surface area contributed by atoms with Crippen molar-refractivity contribution in [1.29, 1.82) is 0 Å². The summed E-state index contributed by atoms with van der Waals surface area (Å²) in [6.45, 7) is 0.597. The number of hydrazine groups is 1. The minimum Gasteiger partial charge on any atom is -0.328 e. The van der Waals surface area contributed by atoms with Gasteiger partial charge in [-0.15, -0.1) is 0 Å². The quantitative estimate of drug-likeness (QED) is 0.533. The van der Waals surface area contributed by atoms with Crippen LogP contribution in [-0.4, -0.2) is 9.55 Å². The Morgan fingerprint density at radius 1 is 1.90 bits per heavy atom. The highest BCUT2D eigenvalue weighted by molar-refractivity contribution is 9.10. The summed E-state index contributed by atoms with van der Waals surface area (Å²) in [7, 11) is 1.91. The van der Waals surface area contributed by atoms with E-state index in [-0.39, 0.29) is 0 Å². The molecule has 1 rings (SSSR count). The number of halogens is 1. The molecule has 0 radical (unpaired) electrons. The number of aryl methyl sites for hydroxylation is 1. The fourth-order valence-corrected chi connectivity index (χ4v) is 1.02. The van der Waals surface area contributed by atoms with Gasteiger partial charge >= 0.3 is 0 Å². The Hall–Kier alpha value is -0.390. The van der Waals surface area contributed by atoms with Crippen LogP contribution in [0.15, 0.2) is 10.9 Å². The van der Waals surface area contributed by atoms with E-state index in [1.807, 2.05) is 17.8 Å². The number of nitrogens with zero attached hydrogens (tertiary/aromatic N) is 2. The van der Waals surface area contributed by atoms with Crippen molar-refractivity contribution in [2.24, 2.45) is 12.9 Å². The first-order valence-electron chi connectivity index (χ1n) is 2.85. The molecular formula is C5H9BrN4. The van der Waals surface area contributed by atoms with Crippen LogP contribution in [0.2, 0.25) is 0 Å². The maximum atomic E-state index is 5.11. The molecule has 5 heteroatoms. The third kappa shape index (κ3) is 1.56. The number of hydrogen-bond acceptors (Lipinski definition) is 3. The lowest BCUT2D eigenvalue weighted by Gasteiger charge is -1.89. The fourth-order valence-electron chi connectivity index (χ4n) is 0.693. The second kappa shape index (κ2) is 3.14. The lowest BCUT2D eigenvalue weighted by Crippen LogP contribution is -2.20. The number of nitrogens with one attached hydrogen (secondary N) is 1. The smallest absolute Gasteiger partial charge is 0.177 e. The lowest BCUT2D eigenvalue weighted by molar-refractivity contribution is 0.725. The van der Waals surface area contributed by atoms with Gasteiger partial charge in [0.1, 0.15) is 0 Å². The minimum absolute atomic E-state index is 0.597. The van der Waals surface area contributed by atoms with Crippen LogP contribution < -0.4 is 11.3 Å². The maximum Gasteiger partial charge on any atom is 0.177 e. The van der Waals surface area contributed by atoms with Crippen molar-refractivity contribution < 1.29 is 0 Å². The molecular weight excluding hydrogens is 196 g/mol. The highest BCUT2D eigenvalue weighted by Crippen LogP contribution is 2.06. The van der Waals surface area contributed by atoms with E-state index in [9.17, 15) is 0 Å². The monoisotopic (exact) mass is 204 g/mol. The zero-order valence-corrected chi connectivity index (χ0v) is 7.22. The van der Waals surface area contributed by atoms with E-state index in [0.717, 1.165) is 10.4 Å². The van der Waals surface area contributed by atoms with Gasteiger partial charge in [0.05, 0.1) is 12.2 Å². The number of imidazole rings is 1. The molecule has 1 aromatic rings. The van der Waals surface area contributed by atoms with Gasteiger partial charge in [-0.3, -0.25) is 11.3 Å². The van der Waals surface area contributed by atoms with E-state index in [4.69, 9.17) is 5.84 Å². The molecule has 0 spiro atoms. The van der Waals surface area contributed by atoms with Crippen LogP contribution in [0.3, 0.4) is 0 Å². The topological polar surface area (TPSA) is 55.9 Å². The Morgan fingerprint density at radius 3 is 3.00 bits per heavy atom. The average molecular weight is 205 g/mol. The van der Waals surface area contributed by atoms with Gasteiger partial charge in [0.25, 0.3) is 0 Å². The standard InChI is InChI=1S/C5H9BrN4/c1-10-3-4(2-8-7)9-5(10)6/h3,8H,2,7H2,1H3. The molecule has 56 valence electrons. The molecule has 0 aliphatic heterocycles. The number of aromatic nitrogens is 2. The maximum absolute atomic E-state index is 5.11. The van der Waals surface area contributed by atoms with Crippen molar-refractivity contribution in [3.8, 4) is 0 Å². The van der Waals surface area contributed by atoms with Gasteiger partial charge in [-0.25, -0.2) is 4.98 Å². The molecule has 0 amide bonds. The van der Waals surface area contributed by atoms with Crippen LogP contribution in [-0.2, 0) is 13.6 Å². The first-order chi connectivity index (χ1) is 4.74. The molecule has 0 aliphatic rings. The molecule has 0 aromatic carbocycles. The average Bonchev–Trinajstić information content (AvgIpc) is 2.14. The van der Waals surface area contributed by atoms with Crippen molar-refractivity contribution in [3.63, 3.8) is 0 Å². The number of nitrogens with two attached hydrogens (primary N) is 1. The molecule has 1 aromatic heterocycles. The third-order valence-corrected chi connectivity index (χ3v) is 1.89. The molecule has 10 heavy (non-hydrogen) atoms. The summed E-state index contributed by atoms with van der Waals surface area (Å²) in [6.07, 6.45) is 1.91. The molecule has 1 heterocycles. The molecule has 3 N–H and O–H groups in total. The predicted molar refractivity (Wildman–Crippen MR) is 41.9 cm³/mol. The normalized spacial score (nSPS) is 10.3. The number of rotatable bonds is 2. The van der Waals surface area contributed by atoms with Crippen molar-refractivity contribution in [2.75, 3.05) is 0 Å². The van der Waals surface area contributed by atoms with Gasteiger partial charge in [-0.05, 0) is 15.9 Å². The first-order valence-corrected chi connectivity index (χ1v) is 3.64. The Morgan fingerprint density at radius 2 is 2.60 bits per heavy atom. The molecule has 0 unspecified atom stereocenters. The second-order valence-electron chi connectivity index (χ2n) is 1.99. The highest BCUT2D eigenvalue weighted by Gasteiger charge is 1.99. The van der Waals surface area contributed by atoms with Crippen LogP contribution in [0, 0.1) is 0 Å². The Balaban J connectivity index is 2.77. The molecule has 4 nitrogen and oxygen atoms in total. The summed E-state index contributed by atoms with van der Waals surface area (Å²) in [5, 5.41) is 0. The van der Waals surface area contributed by atoms with Gasteiger partial charge in [0.15, 0.2) is 4.73 Å². The largest absolute Gasteiger partial charge is 0.328 e. The zero-order valence-electron chi connectivity index (χ0n) is 5.63. The fraction of sp³-hybridized carbons (Fsp3) is 0.400. The Labute approximate surface area is 67.5 Å². The third-order valence-electron chi connectivity index (χ3n) is 1.15. The van der Waals surface area contributed by atoms with E-state index in [1.54, 1.807) is 0 Å². The molecule has 0 aliphatic carbocycles. The van der Waals surface area contributed by atoms with E-state index in [2.05, 4.69) is 26.3 Å². The van der Waals surface area contributed by atoms with Gasteiger partial charge in [-0.1, -0.05) is 0 Å². The summed E-state index contributed by atoms with van der Waals surface area (Å²) in [5.41, 5.74) is 3.46. The lowest BCUT2D eigenvalue weighted by atomic mass is 10.5. The minimum atomic E-state index is 0.597. The summed E-state index contributed by atoms with van der Waals surface area (Å²) < 4.78 is 2.70. The summed E-state index contributed by atoms with van der Waals surface area (Å²) in [6, 6.07) is 0. The van der Waals surface area contributed by atoms with E-state index >= 15 is 0 Å². The van der Waals surface area contributed by atoms with Crippen LogP contribution in [0.1, 0.15) is 5.69 Å².